The van der Waals surface area contributed by atoms with E-state index in [1.54, 1.807) is 32.4 Å². The maximum Gasteiger partial charge on any atom is 0.270 e. The van der Waals surface area contributed by atoms with Crippen LogP contribution in [0, 0.1) is 0 Å². The second-order valence-corrected chi connectivity index (χ2v) is 5.90. The van der Waals surface area contributed by atoms with E-state index in [1.807, 2.05) is 20.2 Å². The lowest BCUT2D eigenvalue weighted by atomic mass is 10.2. The monoisotopic (exact) mass is 359 g/mol. The van der Waals surface area contributed by atoms with Crippen molar-refractivity contribution in [2.24, 2.45) is 0 Å². The summed E-state index contributed by atoms with van der Waals surface area (Å²) in [6.45, 7) is 1.51. The second-order valence-electron chi connectivity index (χ2n) is 5.90. The zero-order valence-corrected chi connectivity index (χ0v) is 15.6. The van der Waals surface area contributed by atoms with E-state index in [2.05, 4.69) is 25.5 Å². The SMILES string of the molecule is COc1ccc(Nc2cc(C(=O)NCCCN(C)C)ncn2)cc1OC. The number of carbonyl (C=O) groups excluding carboxylic acids is 1. The summed E-state index contributed by atoms with van der Waals surface area (Å²) in [7, 11) is 7.15. The van der Waals surface area contributed by atoms with Crippen molar-refractivity contribution in [2.75, 3.05) is 46.7 Å². The van der Waals surface area contributed by atoms with Crippen LogP contribution < -0.4 is 20.1 Å². The Balaban J connectivity index is 2.01. The van der Waals surface area contributed by atoms with Crippen LogP contribution in [0.25, 0.3) is 0 Å². The first-order valence-electron chi connectivity index (χ1n) is 8.27. The van der Waals surface area contributed by atoms with Gasteiger partial charge in [-0.05, 0) is 39.2 Å². The summed E-state index contributed by atoms with van der Waals surface area (Å²) < 4.78 is 10.5. The van der Waals surface area contributed by atoms with Crippen LogP contribution in [0.5, 0.6) is 11.5 Å². The average molecular weight is 359 g/mol. The minimum atomic E-state index is -0.221. The van der Waals surface area contributed by atoms with Crippen molar-refractivity contribution in [3.63, 3.8) is 0 Å². The summed E-state index contributed by atoms with van der Waals surface area (Å²) in [4.78, 5) is 22.5. The first-order chi connectivity index (χ1) is 12.5. The minimum Gasteiger partial charge on any atom is -0.493 e. The molecule has 0 atom stereocenters. The van der Waals surface area contributed by atoms with Crippen LogP contribution >= 0.6 is 0 Å². The van der Waals surface area contributed by atoms with Gasteiger partial charge in [0.25, 0.3) is 5.91 Å². The number of nitrogens with zero attached hydrogens (tertiary/aromatic N) is 3. The standard InChI is InChI=1S/C18H25N5O3/c1-23(2)9-5-8-19-18(24)14-11-17(21-12-20-14)22-13-6-7-15(25-3)16(10-13)26-4/h6-7,10-12H,5,8-9H2,1-4H3,(H,19,24)(H,20,21,22). The zero-order valence-electron chi connectivity index (χ0n) is 15.6. The second kappa shape index (κ2) is 9.57. The maximum atomic E-state index is 12.2. The van der Waals surface area contributed by atoms with E-state index in [4.69, 9.17) is 9.47 Å². The molecule has 0 radical (unpaired) electrons. The molecule has 8 nitrogen and oxygen atoms in total. The van der Waals surface area contributed by atoms with E-state index in [1.165, 1.54) is 6.33 Å². The number of rotatable bonds is 9. The van der Waals surface area contributed by atoms with E-state index in [0.717, 1.165) is 18.7 Å². The van der Waals surface area contributed by atoms with Crippen molar-refractivity contribution in [1.82, 2.24) is 20.2 Å². The highest BCUT2D eigenvalue weighted by molar-refractivity contribution is 5.92. The summed E-state index contributed by atoms with van der Waals surface area (Å²) in [6.07, 6.45) is 2.23. The van der Waals surface area contributed by atoms with E-state index >= 15 is 0 Å². The average Bonchev–Trinajstić information content (AvgIpc) is 2.65. The molecule has 0 aliphatic heterocycles. The third-order valence-corrected chi connectivity index (χ3v) is 3.62. The molecule has 0 spiro atoms. The molecule has 26 heavy (non-hydrogen) atoms. The molecule has 0 aliphatic carbocycles. The molecule has 0 saturated carbocycles. The predicted molar refractivity (Wildman–Crippen MR) is 100 cm³/mol. The Morgan fingerprint density at radius 3 is 2.58 bits per heavy atom. The fourth-order valence-electron chi connectivity index (χ4n) is 2.30. The Morgan fingerprint density at radius 1 is 1.12 bits per heavy atom. The van der Waals surface area contributed by atoms with Crippen molar-refractivity contribution in [3.8, 4) is 11.5 Å². The number of hydrogen-bond donors (Lipinski definition) is 2. The zero-order chi connectivity index (χ0) is 18.9. The third-order valence-electron chi connectivity index (χ3n) is 3.62. The van der Waals surface area contributed by atoms with Crippen LogP contribution in [0.4, 0.5) is 11.5 Å². The molecule has 8 heteroatoms. The Labute approximate surface area is 153 Å². The topological polar surface area (TPSA) is 88.6 Å². The Bertz CT molecular complexity index is 737. The van der Waals surface area contributed by atoms with Gasteiger partial charge in [-0.1, -0.05) is 0 Å². The summed E-state index contributed by atoms with van der Waals surface area (Å²) >= 11 is 0. The van der Waals surface area contributed by atoms with Crippen LogP contribution in [-0.4, -0.2) is 62.2 Å². The van der Waals surface area contributed by atoms with Gasteiger partial charge >= 0.3 is 0 Å². The van der Waals surface area contributed by atoms with Gasteiger partial charge < -0.3 is 25.0 Å². The van der Waals surface area contributed by atoms with Crippen molar-refractivity contribution >= 4 is 17.4 Å². The van der Waals surface area contributed by atoms with Gasteiger partial charge in [0.05, 0.1) is 14.2 Å². The lowest BCUT2D eigenvalue weighted by Crippen LogP contribution is -2.27. The largest absolute Gasteiger partial charge is 0.493 e. The fraction of sp³-hybridized carbons (Fsp3) is 0.389. The number of ether oxygens (including phenoxy) is 2. The van der Waals surface area contributed by atoms with Crippen molar-refractivity contribution in [3.05, 3.63) is 36.3 Å². The number of hydrogen-bond acceptors (Lipinski definition) is 7. The number of amides is 1. The molecule has 0 unspecified atom stereocenters. The van der Waals surface area contributed by atoms with E-state index in [9.17, 15) is 4.79 Å². The number of nitrogens with one attached hydrogen (secondary N) is 2. The minimum absolute atomic E-state index is 0.221. The van der Waals surface area contributed by atoms with E-state index in [0.29, 0.717) is 29.6 Å². The third kappa shape index (κ3) is 5.59. The normalized spacial score (nSPS) is 10.5. The number of anilines is 2. The number of methoxy groups -OCH3 is 2. The highest BCUT2D eigenvalue weighted by Gasteiger charge is 2.10. The lowest BCUT2D eigenvalue weighted by molar-refractivity contribution is 0.0947. The molecule has 0 aliphatic rings. The van der Waals surface area contributed by atoms with Gasteiger partial charge in [0.15, 0.2) is 11.5 Å². The van der Waals surface area contributed by atoms with Gasteiger partial charge in [0, 0.05) is 24.4 Å². The molecule has 1 aromatic heterocycles. The van der Waals surface area contributed by atoms with E-state index < -0.39 is 0 Å². The maximum absolute atomic E-state index is 12.2. The van der Waals surface area contributed by atoms with Crippen LogP contribution in [-0.2, 0) is 0 Å². The molecule has 1 aromatic carbocycles. The summed E-state index contributed by atoms with van der Waals surface area (Å²) in [6, 6.07) is 7.03. The summed E-state index contributed by atoms with van der Waals surface area (Å²) in [5.41, 5.74) is 1.08. The highest BCUT2D eigenvalue weighted by Crippen LogP contribution is 2.30. The fourth-order valence-corrected chi connectivity index (χ4v) is 2.30. The first kappa shape index (κ1) is 19.5. The molecule has 2 rings (SSSR count). The van der Waals surface area contributed by atoms with E-state index in [-0.39, 0.29) is 5.91 Å². The van der Waals surface area contributed by atoms with Gasteiger partial charge in [0.1, 0.15) is 17.8 Å². The van der Waals surface area contributed by atoms with Crippen LogP contribution in [0.1, 0.15) is 16.9 Å². The van der Waals surface area contributed by atoms with Gasteiger partial charge in [-0.2, -0.15) is 0 Å². The van der Waals surface area contributed by atoms with Crippen LogP contribution in [0.2, 0.25) is 0 Å². The van der Waals surface area contributed by atoms with Crippen LogP contribution in [0.15, 0.2) is 30.6 Å². The first-order valence-corrected chi connectivity index (χ1v) is 8.27. The molecule has 1 heterocycles. The number of aromatic nitrogens is 2. The molecule has 1 amide bonds. The molecule has 2 aromatic rings. The molecule has 2 N–H and O–H groups in total. The summed E-state index contributed by atoms with van der Waals surface area (Å²) in [5, 5.41) is 5.99. The Morgan fingerprint density at radius 2 is 1.88 bits per heavy atom. The van der Waals surface area contributed by atoms with Crippen molar-refractivity contribution in [1.29, 1.82) is 0 Å². The lowest BCUT2D eigenvalue weighted by Gasteiger charge is -2.11. The van der Waals surface area contributed by atoms with Gasteiger partial charge in [0.2, 0.25) is 0 Å². The molecular formula is C18H25N5O3. The van der Waals surface area contributed by atoms with Gasteiger partial charge in [-0.25, -0.2) is 9.97 Å². The quantitative estimate of drug-likeness (QED) is 0.661. The molecular weight excluding hydrogens is 334 g/mol. The summed E-state index contributed by atoms with van der Waals surface area (Å²) in [5.74, 6) is 1.54. The predicted octanol–water partition coefficient (Wildman–Crippen LogP) is 1.92. The van der Waals surface area contributed by atoms with Crippen molar-refractivity contribution in [2.45, 2.75) is 6.42 Å². The van der Waals surface area contributed by atoms with Crippen molar-refractivity contribution < 1.29 is 14.3 Å². The van der Waals surface area contributed by atoms with Gasteiger partial charge in [-0.3, -0.25) is 4.79 Å². The molecule has 0 fully saturated rings. The number of benzene rings is 1. The van der Waals surface area contributed by atoms with Gasteiger partial charge in [-0.15, -0.1) is 0 Å². The molecule has 140 valence electrons. The molecule has 0 saturated heterocycles. The highest BCUT2D eigenvalue weighted by atomic mass is 16.5. The Kier molecular flexibility index (Phi) is 7.16. The molecule has 0 bridgehead atoms. The number of carbonyl (C=O) groups is 1. The Hall–Kier alpha value is -2.87. The van der Waals surface area contributed by atoms with Crippen LogP contribution in [0.3, 0.4) is 0 Å². The smallest absolute Gasteiger partial charge is 0.270 e.